The van der Waals surface area contributed by atoms with Crippen molar-refractivity contribution in [2.75, 3.05) is 0 Å². The van der Waals surface area contributed by atoms with Crippen molar-refractivity contribution in [1.82, 2.24) is 15.0 Å². The van der Waals surface area contributed by atoms with Crippen molar-refractivity contribution in [3.05, 3.63) is 15.8 Å². The van der Waals surface area contributed by atoms with Crippen molar-refractivity contribution in [1.29, 1.82) is 0 Å². The molecule has 3 nitrogen and oxygen atoms in total. The third-order valence-corrected chi connectivity index (χ3v) is 2.39. The molecule has 0 unspecified atom stereocenters. The average molecular weight is 183 g/mol. The zero-order valence-electron chi connectivity index (χ0n) is 5.79. The summed E-state index contributed by atoms with van der Waals surface area (Å²) in [6.07, 6.45) is 1.72. The molecule has 5 heteroatoms. The van der Waals surface area contributed by atoms with Crippen LogP contribution in [0.4, 0.5) is 0 Å². The Morgan fingerprint density at radius 1 is 1.64 bits per heavy atom. The number of aromatic amines is 1. The largest absolute Gasteiger partial charge is 0.320 e. The summed E-state index contributed by atoms with van der Waals surface area (Å²) in [5.74, 6) is 0. The van der Waals surface area contributed by atoms with Gasteiger partial charge in [0.05, 0.1) is 11.9 Å². The normalized spacial score (nSPS) is 10.6. The van der Waals surface area contributed by atoms with E-state index in [1.54, 1.807) is 6.20 Å². The Bertz CT molecular complexity index is 442. The molecule has 2 aromatic heterocycles. The molecular weight excluding hydrogens is 178 g/mol. The van der Waals surface area contributed by atoms with E-state index in [-0.39, 0.29) is 0 Å². The van der Waals surface area contributed by atoms with Gasteiger partial charge in [-0.25, -0.2) is 9.97 Å². The molecule has 0 aliphatic rings. The summed E-state index contributed by atoms with van der Waals surface area (Å²) >= 11 is 6.39. The van der Waals surface area contributed by atoms with E-state index in [1.807, 2.05) is 6.92 Å². The maximum atomic E-state index is 4.94. The number of nitrogens with one attached hydrogen (secondary N) is 1. The van der Waals surface area contributed by atoms with Crippen LogP contribution >= 0.6 is 23.6 Å². The number of fused-ring (bicyclic) bond motifs is 1. The van der Waals surface area contributed by atoms with Crippen molar-refractivity contribution >= 4 is 34.0 Å². The molecule has 2 aromatic rings. The molecule has 0 aliphatic carbocycles. The molecule has 56 valence electrons. The minimum absolute atomic E-state index is 0.727. The molecule has 0 spiro atoms. The highest BCUT2D eigenvalue weighted by molar-refractivity contribution is 7.73. The van der Waals surface area contributed by atoms with E-state index >= 15 is 0 Å². The zero-order valence-corrected chi connectivity index (χ0v) is 7.42. The number of aromatic nitrogens is 3. The van der Waals surface area contributed by atoms with Gasteiger partial charge >= 0.3 is 0 Å². The van der Waals surface area contributed by atoms with Crippen LogP contribution in [0.3, 0.4) is 0 Å². The minimum Gasteiger partial charge on any atom is -0.320 e. The molecule has 11 heavy (non-hydrogen) atoms. The fraction of sp³-hybridized carbons (Fsp3) is 0.167. The Balaban J connectivity index is 2.92. The molecule has 2 heterocycles. The van der Waals surface area contributed by atoms with Crippen molar-refractivity contribution in [3.63, 3.8) is 0 Å². The lowest BCUT2D eigenvalue weighted by Crippen LogP contribution is -1.82. The van der Waals surface area contributed by atoms with Crippen LogP contribution in [0.5, 0.6) is 0 Å². The van der Waals surface area contributed by atoms with Crippen LogP contribution in [0.1, 0.15) is 5.69 Å². The van der Waals surface area contributed by atoms with Crippen molar-refractivity contribution in [2.24, 2.45) is 0 Å². The maximum Gasteiger partial charge on any atom is 0.168 e. The van der Waals surface area contributed by atoms with Gasteiger partial charge in [0.25, 0.3) is 0 Å². The van der Waals surface area contributed by atoms with Crippen molar-refractivity contribution in [3.8, 4) is 0 Å². The second kappa shape index (κ2) is 2.35. The first-order valence-electron chi connectivity index (χ1n) is 3.08. The smallest absolute Gasteiger partial charge is 0.168 e. The van der Waals surface area contributed by atoms with Crippen LogP contribution in [0.2, 0.25) is 0 Å². The fourth-order valence-electron chi connectivity index (χ4n) is 0.822. The monoisotopic (exact) mass is 183 g/mol. The van der Waals surface area contributed by atoms with E-state index in [1.165, 1.54) is 11.3 Å². The highest BCUT2D eigenvalue weighted by Crippen LogP contribution is 2.13. The van der Waals surface area contributed by atoms with Crippen molar-refractivity contribution in [2.45, 2.75) is 6.92 Å². The van der Waals surface area contributed by atoms with Crippen LogP contribution in [0.15, 0.2) is 6.20 Å². The second-order valence-corrected chi connectivity index (χ2v) is 3.85. The molecule has 0 radical (unpaired) electrons. The number of thiazole rings is 1. The third kappa shape index (κ3) is 1.17. The number of aryl methyl sites for hydroxylation is 1. The van der Waals surface area contributed by atoms with Gasteiger partial charge in [0.1, 0.15) is 0 Å². The molecule has 0 amide bonds. The molecule has 0 fully saturated rings. The van der Waals surface area contributed by atoms with Gasteiger partial charge in [-0.3, -0.25) is 0 Å². The first-order valence-corrected chi connectivity index (χ1v) is 4.30. The van der Waals surface area contributed by atoms with Gasteiger partial charge in [0.15, 0.2) is 14.4 Å². The first kappa shape index (κ1) is 6.87. The lowest BCUT2D eigenvalue weighted by Gasteiger charge is -1.87. The highest BCUT2D eigenvalue weighted by atomic mass is 32.1. The van der Waals surface area contributed by atoms with Gasteiger partial charge < -0.3 is 4.98 Å². The molecule has 0 saturated carbocycles. The molecule has 0 aromatic carbocycles. The van der Waals surface area contributed by atoms with E-state index < -0.39 is 0 Å². The minimum atomic E-state index is 0.727. The van der Waals surface area contributed by atoms with Gasteiger partial charge in [-0.1, -0.05) is 11.3 Å². The Hall–Kier alpha value is -0.810. The van der Waals surface area contributed by atoms with Crippen LogP contribution in [-0.2, 0) is 0 Å². The molecule has 0 atom stereocenters. The van der Waals surface area contributed by atoms with Crippen LogP contribution in [0.25, 0.3) is 10.5 Å². The number of rotatable bonds is 0. The van der Waals surface area contributed by atoms with E-state index in [0.717, 1.165) is 20.1 Å². The van der Waals surface area contributed by atoms with E-state index in [0.29, 0.717) is 0 Å². The number of H-pyrrole nitrogens is 1. The number of nitrogens with zero attached hydrogens (tertiary/aromatic N) is 2. The number of hydrogen-bond acceptors (Lipinski definition) is 4. The van der Waals surface area contributed by atoms with Gasteiger partial charge in [-0.2, -0.15) is 0 Å². The van der Waals surface area contributed by atoms with E-state index in [2.05, 4.69) is 15.0 Å². The lowest BCUT2D eigenvalue weighted by molar-refractivity contribution is 1.18. The van der Waals surface area contributed by atoms with Crippen LogP contribution in [-0.4, -0.2) is 15.0 Å². The highest BCUT2D eigenvalue weighted by Gasteiger charge is 1.98. The summed E-state index contributed by atoms with van der Waals surface area (Å²) in [5.41, 5.74) is 1.70. The van der Waals surface area contributed by atoms with Crippen LogP contribution in [0, 0.1) is 10.9 Å². The predicted molar refractivity (Wildman–Crippen MR) is 47.3 cm³/mol. The fourth-order valence-corrected chi connectivity index (χ4v) is 1.87. The quantitative estimate of drug-likeness (QED) is 0.636. The first-order chi connectivity index (χ1) is 5.25. The molecule has 2 rings (SSSR count). The lowest BCUT2D eigenvalue weighted by atomic mass is 10.5. The third-order valence-electron chi connectivity index (χ3n) is 1.27. The van der Waals surface area contributed by atoms with Gasteiger partial charge in [-0.15, -0.1) is 0 Å². The summed E-state index contributed by atoms with van der Waals surface area (Å²) < 4.78 is 0.727. The molecule has 0 bridgehead atoms. The molecular formula is C6H5N3S2. The molecule has 0 saturated heterocycles. The Morgan fingerprint density at radius 3 is 3.27 bits per heavy atom. The topological polar surface area (TPSA) is 41.6 Å². The van der Waals surface area contributed by atoms with Crippen LogP contribution < -0.4 is 0 Å². The Morgan fingerprint density at radius 2 is 2.45 bits per heavy atom. The summed E-state index contributed by atoms with van der Waals surface area (Å²) in [6.45, 7) is 1.91. The SMILES string of the molecule is Cc1cnc2[nH]c(=S)sc2n1. The van der Waals surface area contributed by atoms with E-state index in [9.17, 15) is 0 Å². The molecule has 1 N–H and O–H groups in total. The average Bonchev–Trinajstić information content (AvgIpc) is 2.27. The Kier molecular flexibility index (Phi) is 1.47. The van der Waals surface area contributed by atoms with Gasteiger partial charge in [0.2, 0.25) is 0 Å². The number of hydrogen-bond donors (Lipinski definition) is 1. The predicted octanol–water partition coefficient (Wildman–Crippen LogP) is 2.06. The van der Waals surface area contributed by atoms with Crippen molar-refractivity contribution < 1.29 is 0 Å². The second-order valence-electron chi connectivity index (χ2n) is 2.18. The van der Waals surface area contributed by atoms with Gasteiger partial charge in [-0.05, 0) is 19.1 Å². The molecule has 0 aliphatic heterocycles. The zero-order chi connectivity index (χ0) is 7.84. The maximum absolute atomic E-state index is 4.94. The summed E-state index contributed by atoms with van der Waals surface area (Å²) in [5, 5.41) is 0. The summed E-state index contributed by atoms with van der Waals surface area (Å²) in [4.78, 5) is 12.2. The standard InChI is InChI=1S/C6H5N3S2/c1-3-2-7-4-5(8-3)11-6(10)9-4/h2H,1H3,(H,7,9,10). The van der Waals surface area contributed by atoms with E-state index in [4.69, 9.17) is 12.2 Å². The summed E-state index contributed by atoms with van der Waals surface area (Å²) in [7, 11) is 0. The van der Waals surface area contributed by atoms with Gasteiger partial charge in [0, 0.05) is 0 Å². The Labute approximate surface area is 72.1 Å². The summed E-state index contributed by atoms with van der Waals surface area (Å²) in [6, 6.07) is 0.